The lowest BCUT2D eigenvalue weighted by Gasteiger charge is -2.35. The van der Waals surface area contributed by atoms with Crippen molar-refractivity contribution in [2.75, 3.05) is 31.1 Å². The third kappa shape index (κ3) is 3.45. The minimum absolute atomic E-state index is 0.276. The summed E-state index contributed by atoms with van der Waals surface area (Å²) < 4.78 is 20.1. The molecule has 0 amide bonds. The number of piperazine rings is 1. The Bertz CT molecular complexity index is 778. The van der Waals surface area contributed by atoms with Crippen LogP contribution in [0, 0.1) is 12.7 Å². The molecule has 0 radical (unpaired) electrons. The van der Waals surface area contributed by atoms with Crippen molar-refractivity contribution in [2.45, 2.75) is 52.0 Å². The molecule has 7 heteroatoms. The fourth-order valence-corrected chi connectivity index (χ4v) is 3.49. The lowest BCUT2D eigenvalue weighted by molar-refractivity contribution is 0.244. The molecule has 0 atom stereocenters. The molecule has 2 aromatic rings. The van der Waals surface area contributed by atoms with Gasteiger partial charge in [0.25, 0.3) is 0 Å². The molecule has 1 saturated heterocycles. The first-order valence-electron chi connectivity index (χ1n) is 9.46. The predicted octanol–water partition coefficient (Wildman–Crippen LogP) is 3.24. The zero-order valence-corrected chi connectivity index (χ0v) is 15.7. The van der Waals surface area contributed by atoms with Gasteiger partial charge in [-0.15, -0.1) is 0 Å². The van der Waals surface area contributed by atoms with Crippen LogP contribution in [0.15, 0.2) is 10.8 Å². The second-order valence-corrected chi connectivity index (χ2v) is 7.66. The lowest BCUT2D eigenvalue weighted by Crippen LogP contribution is -2.46. The van der Waals surface area contributed by atoms with E-state index in [1.54, 1.807) is 6.92 Å². The summed E-state index contributed by atoms with van der Waals surface area (Å²) in [4.78, 5) is 17.7. The van der Waals surface area contributed by atoms with Crippen LogP contribution < -0.4 is 4.90 Å². The fourth-order valence-electron chi connectivity index (χ4n) is 3.49. The number of aromatic nitrogens is 3. The van der Waals surface area contributed by atoms with Crippen molar-refractivity contribution in [1.29, 1.82) is 0 Å². The first-order chi connectivity index (χ1) is 12.5. The van der Waals surface area contributed by atoms with E-state index >= 15 is 0 Å². The number of halogens is 1. The van der Waals surface area contributed by atoms with E-state index in [2.05, 4.69) is 38.6 Å². The van der Waals surface area contributed by atoms with E-state index < -0.39 is 0 Å². The molecule has 3 heterocycles. The standard InChI is InChI=1S/C19H26FN5O/c1-12(2)17-15(21-11-26-17)10-24-6-8-25(9-7-24)19-16(20)13(3)22-18(23-19)14-4-5-14/h11-12,14H,4-10H2,1-3H3. The van der Waals surface area contributed by atoms with E-state index in [-0.39, 0.29) is 5.82 Å². The normalized spacial score (nSPS) is 18.7. The second kappa shape index (κ2) is 6.95. The van der Waals surface area contributed by atoms with Crippen molar-refractivity contribution in [3.05, 3.63) is 35.2 Å². The Morgan fingerprint density at radius 1 is 1.19 bits per heavy atom. The summed E-state index contributed by atoms with van der Waals surface area (Å²) in [5.41, 5.74) is 1.47. The SMILES string of the molecule is Cc1nc(C2CC2)nc(N2CCN(Cc3ncoc3C(C)C)CC2)c1F. The molecule has 2 fully saturated rings. The first-order valence-corrected chi connectivity index (χ1v) is 9.46. The molecular formula is C19H26FN5O. The van der Waals surface area contributed by atoms with E-state index in [9.17, 15) is 4.39 Å². The van der Waals surface area contributed by atoms with Gasteiger partial charge in [0.05, 0.1) is 11.4 Å². The van der Waals surface area contributed by atoms with Crippen LogP contribution in [0.2, 0.25) is 0 Å². The Morgan fingerprint density at radius 3 is 2.58 bits per heavy atom. The van der Waals surface area contributed by atoms with Crippen LogP contribution in [-0.4, -0.2) is 46.0 Å². The summed E-state index contributed by atoms with van der Waals surface area (Å²) in [6.07, 6.45) is 3.77. The van der Waals surface area contributed by atoms with Crippen molar-refractivity contribution in [2.24, 2.45) is 0 Å². The first kappa shape index (κ1) is 17.4. The molecule has 0 aromatic carbocycles. The summed E-state index contributed by atoms with van der Waals surface area (Å²) >= 11 is 0. The largest absolute Gasteiger partial charge is 0.448 e. The minimum atomic E-state index is -0.276. The van der Waals surface area contributed by atoms with Gasteiger partial charge < -0.3 is 9.32 Å². The summed E-state index contributed by atoms with van der Waals surface area (Å²) in [6.45, 7) is 9.95. The lowest BCUT2D eigenvalue weighted by atomic mass is 10.1. The molecule has 0 unspecified atom stereocenters. The summed E-state index contributed by atoms with van der Waals surface area (Å²) in [5, 5.41) is 0. The topological polar surface area (TPSA) is 58.3 Å². The van der Waals surface area contributed by atoms with E-state index in [0.717, 1.165) is 62.8 Å². The third-order valence-electron chi connectivity index (χ3n) is 5.20. The fraction of sp³-hybridized carbons (Fsp3) is 0.632. The molecule has 2 aromatic heterocycles. The van der Waals surface area contributed by atoms with Crippen LogP contribution in [-0.2, 0) is 6.54 Å². The maximum atomic E-state index is 14.6. The summed E-state index contributed by atoms with van der Waals surface area (Å²) in [6, 6.07) is 0. The van der Waals surface area contributed by atoms with Gasteiger partial charge in [0, 0.05) is 44.6 Å². The van der Waals surface area contributed by atoms with Crippen molar-refractivity contribution < 1.29 is 8.81 Å². The van der Waals surface area contributed by atoms with Crippen molar-refractivity contribution in [1.82, 2.24) is 19.9 Å². The Labute approximate surface area is 153 Å². The van der Waals surface area contributed by atoms with Gasteiger partial charge in [-0.1, -0.05) is 13.8 Å². The van der Waals surface area contributed by atoms with Gasteiger partial charge in [0.15, 0.2) is 18.0 Å². The zero-order valence-electron chi connectivity index (χ0n) is 15.7. The number of rotatable bonds is 5. The maximum absolute atomic E-state index is 14.6. The molecule has 4 rings (SSSR count). The highest BCUT2D eigenvalue weighted by atomic mass is 19.1. The zero-order chi connectivity index (χ0) is 18.3. The molecule has 1 aliphatic heterocycles. The third-order valence-corrected chi connectivity index (χ3v) is 5.20. The average molecular weight is 359 g/mol. The highest BCUT2D eigenvalue weighted by Gasteiger charge is 2.30. The van der Waals surface area contributed by atoms with Gasteiger partial charge >= 0.3 is 0 Å². The minimum Gasteiger partial charge on any atom is -0.448 e. The van der Waals surface area contributed by atoms with Crippen LogP contribution >= 0.6 is 0 Å². The quantitative estimate of drug-likeness (QED) is 0.817. The number of oxazole rings is 1. The second-order valence-electron chi connectivity index (χ2n) is 7.66. The monoisotopic (exact) mass is 359 g/mol. The van der Waals surface area contributed by atoms with Crippen LogP contribution in [0.25, 0.3) is 0 Å². The number of nitrogens with zero attached hydrogens (tertiary/aromatic N) is 5. The highest BCUT2D eigenvalue weighted by Crippen LogP contribution is 2.39. The summed E-state index contributed by atoms with van der Waals surface area (Å²) in [7, 11) is 0. The maximum Gasteiger partial charge on any atom is 0.186 e. The van der Waals surface area contributed by atoms with Gasteiger partial charge in [-0.05, 0) is 19.8 Å². The average Bonchev–Trinajstić information content (AvgIpc) is 3.37. The van der Waals surface area contributed by atoms with Gasteiger partial charge in [0.1, 0.15) is 11.6 Å². The highest BCUT2D eigenvalue weighted by molar-refractivity contribution is 5.43. The van der Waals surface area contributed by atoms with Crippen molar-refractivity contribution in [3.8, 4) is 0 Å². The predicted molar refractivity (Wildman–Crippen MR) is 96.8 cm³/mol. The van der Waals surface area contributed by atoms with E-state index in [1.807, 2.05) is 0 Å². The van der Waals surface area contributed by atoms with Gasteiger partial charge in [-0.25, -0.2) is 19.3 Å². The molecule has 1 saturated carbocycles. The molecule has 140 valence electrons. The number of hydrogen-bond acceptors (Lipinski definition) is 6. The summed E-state index contributed by atoms with van der Waals surface area (Å²) in [5.74, 6) is 2.72. The number of hydrogen-bond donors (Lipinski definition) is 0. The molecule has 2 aliphatic rings. The Morgan fingerprint density at radius 2 is 1.92 bits per heavy atom. The van der Waals surface area contributed by atoms with E-state index in [4.69, 9.17) is 4.42 Å². The Kier molecular flexibility index (Phi) is 4.65. The van der Waals surface area contributed by atoms with E-state index in [0.29, 0.717) is 23.3 Å². The van der Waals surface area contributed by atoms with Gasteiger partial charge in [-0.3, -0.25) is 4.90 Å². The van der Waals surface area contributed by atoms with Crippen LogP contribution in [0.3, 0.4) is 0 Å². The molecule has 26 heavy (non-hydrogen) atoms. The van der Waals surface area contributed by atoms with Crippen LogP contribution in [0.4, 0.5) is 10.2 Å². The van der Waals surface area contributed by atoms with Gasteiger partial charge in [-0.2, -0.15) is 0 Å². The molecule has 6 nitrogen and oxygen atoms in total. The van der Waals surface area contributed by atoms with Crippen LogP contribution in [0.1, 0.15) is 61.5 Å². The number of aryl methyl sites for hydroxylation is 1. The van der Waals surface area contributed by atoms with Crippen molar-refractivity contribution >= 4 is 5.82 Å². The molecule has 0 N–H and O–H groups in total. The van der Waals surface area contributed by atoms with Crippen LogP contribution in [0.5, 0.6) is 0 Å². The smallest absolute Gasteiger partial charge is 0.186 e. The van der Waals surface area contributed by atoms with E-state index in [1.165, 1.54) is 6.39 Å². The molecular weight excluding hydrogens is 333 g/mol. The van der Waals surface area contributed by atoms with Crippen molar-refractivity contribution in [3.63, 3.8) is 0 Å². The molecule has 1 aliphatic carbocycles. The molecule has 0 spiro atoms. The Balaban J connectivity index is 1.43. The molecule has 0 bridgehead atoms. The van der Waals surface area contributed by atoms with Gasteiger partial charge in [0.2, 0.25) is 0 Å². The Hall–Kier alpha value is -2.02. The number of anilines is 1.